The number of piperidine rings is 2. The minimum atomic E-state index is -1.45. The number of aliphatic hydroxyl groups excluding tert-OH is 8. The second-order valence-corrected chi connectivity index (χ2v) is 7.90. The number of β-amino-alcohol motifs (C(OH)–C–C–N with tert-alkyl or cyclic N) is 2. The highest BCUT2D eigenvalue weighted by atomic mass is 16.4. The third-order valence-corrected chi connectivity index (χ3v) is 5.27. The Balaban J connectivity index is -0.000000253. The summed E-state index contributed by atoms with van der Waals surface area (Å²) in [4.78, 5) is 42.7. The van der Waals surface area contributed by atoms with Gasteiger partial charge in [-0.3, -0.25) is 19.2 Å². The molecule has 0 saturated carbocycles. The third-order valence-electron chi connectivity index (χ3n) is 5.27. The molecule has 240 valence electrons. The van der Waals surface area contributed by atoms with Crippen molar-refractivity contribution in [2.75, 3.05) is 40.4 Å². The van der Waals surface area contributed by atoms with Crippen LogP contribution >= 0.6 is 0 Å². The zero-order valence-corrected chi connectivity index (χ0v) is 21.0. The fourth-order valence-electron chi connectivity index (χ4n) is 3.19. The van der Waals surface area contributed by atoms with Crippen molar-refractivity contribution >= 4 is 23.8 Å². The number of carbonyl (C=O) groups is 4. The van der Waals surface area contributed by atoms with E-state index in [4.69, 9.17) is 30.6 Å². The van der Waals surface area contributed by atoms with E-state index in [9.17, 15) is 39.6 Å². The standard InChI is InChI=1S/C10H18N2O6.C6H13NO4.C3H4O4.CH5N.2CH4/c1-11-7(15)2-8(16)12-3-6(14)10(18)9(17)5(12)4-13;8-2-3-5(10)6(11)4(9)1-7-3;4-2(5)1-3(6)7;1-2;;/h5-6,9-10,13-14,17-18H,2-4H2,1H3,(H,11,15);3-11H,1-2H2;1H2,(H,4,5)(H,6,7);2H2,1H3;2*1H4/t5-,6+,9-,10-;3-,4+,5-,6-;;;;/m00..../s1. The lowest BCUT2D eigenvalue weighted by Gasteiger charge is -2.43. The summed E-state index contributed by atoms with van der Waals surface area (Å²) >= 11 is 0. The van der Waals surface area contributed by atoms with Gasteiger partial charge >= 0.3 is 11.9 Å². The van der Waals surface area contributed by atoms with Crippen LogP contribution in [0.25, 0.3) is 0 Å². The number of hydrogen-bond acceptors (Lipinski definition) is 14. The lowest BCUT2D eigenvalue weighted by Crippen LogP contribution is -2.64. The molecule has 14 N–H and O–H groups in total. The van der Waals surface area contributed by atoms with Crippen LogP contribution in [0.5, 0.6) is 0 Å². The van der Waals surface area contributed by atoms with Gasteiger partial charge in [-0.25, -0.2) is 0 Å². The molecule has 2 aliphatic heterocycles. The summed E-state index contributed by atoms with van der Waals surface area (Å²) in [5, 5.41) is 94.0. The van der Waals surface area contributed by atoms with Crippen LogP contribution in [0.3, 0.4) is 0 Å². The third kappa shape index (κ3) is 15.3. The largest absolute Gasteiger partial charge is 0.481 e. The van der Waals surface area contributed by atoms with Gasteiger partial charge in [0.1, 0.15) is 37.3 Å². The maximum Gasteiger partial charge on any atom is 0.314 e. The van der Waals surface area contributed by atoms with Crippen molar-refractivity contribution < 1.29 is 70.2 Å². The van der Waals surface area contributed by atoms with Crippen molar-refractivity contribution in [1.82, 2.24) is 15.5 Å². The molecule has 8 atom stereocenters. The Morgan fingerprint density at radius 1 is 0.800 bits per heavy atom. The molecule has 2 amide bonds. The number of amides is 2. The van der Waals surface area contributed by atoms with Gasteiger partial charge in [-0.15, -0.1) is 0 Å². The quantitative estimate of drug-likeness (QED) is 0.128. The number of nitrogens with one attached hydrogen (secondary N) is 2. The molecule has 2 saturated heterocycles. The van der Waals surface area contributed by atoms with E-state index in [0.717, 1.165) is 4.90 Å². The van der Waals surface area contributed by atoms with Gasteiger partial charge in [-0.2, -0.15) is 0 Å². The zero-order valence-electron chi connectivity index (χ0n) is 21.0. The average molecular weight is 593 g/mol. The topological polar surface area (TPSA) is 324 Å². The molecule has 0 aliphatic carbocycles. The lowest BCUT2D eigenvalue weighted by atomic mass is 9.94. The first-order valence-corrected chi connectivity index (χ1v) is 11.3. The van der Waals surface area contributed by atoms with Gasteiger partial charge in [0.25, 0.3) is 0 Å². The van der Waals surface area contributed by atoms with E-state index in [1.54, 1.807) is 0 Å². The Kier molecular flexibility index (Phi) is 25.8. The molecule has 0 aromatic rings. The minimum absolute atomic E-state index is 0. The number of hydrogen-bond donors (Lipinski definition) is 13. The van der Waals surface area contributed by atoms with Crippen LogP contribution in [-0.4, -0.2) is 169 Å². The number of carbonyl (C=O) groups excluding carboxylic acids is 2. The molecule has 18 heteroatoms. The molecule has 0 radical (unpaired) electrons. The second kappa shape index (κ2) is 23.2. The van der Waals surface area contributed by atoms with Gasteiger partial charge < -0.3 is 72.3 Å². The van der Waals surface area contributed by atoms with E-state index in [1.807, 2.05) is 0 Å². The summed E-state index contributed by atoms with van der Waals surface area (Å²) < 4.78 is 0. The van der Waals surface area contributed by atoms with Crippen molar-refractivity contribution in [1.29, 1.82) is 0 Å². The SMILES string of the molecule is C.C.CN.CNC(=O)CC(=O)N1C[C@@H](O)[C@H](O)[C@@H](O)[C@@H]1CO.O=C(O)CC(=O)O.OC[C@@H]1NC[C@@H](O)[C@H](O)[C@H]1O. The van der Waals surface area contributed by atoms with E-state index in [0.29, 0.717) is 0 Å². The van der Waals surface area contributed by atoms with Crippen molar-refractivity contribution in [3.63, 3.8) is 0 Å². The maximum absolute atomic E-state index is 11.8. The van der Waals surface area contributed by atoms with E-state index >= 15 is 0 Å². The molecule has 0 aromatic carbocycles. The highest BCUT2D eigenvalue weighted by Gasteiger charge is 2.43. The van der Waals surface area contributed by atoms with Crippen LogP contribution in [0, 0.1) is 0 Å². The fourth-order valence-corrected chi connectivity index (χ4v) is 3.19. The van der Waals surface area contributed by atoms with Crippen LogP contribution in [0.4, 0.5) is 0 Å². The zero-order chi connectivity index (χ0) is 30.2. The molecule has 40 heavy (non-hydrogen) atoms. The van der Waals surface area contributed by atoms with Crippen LogP contribution in [-0.2, 0) is 19.2 Å². The van der Waals surface area contributed by atoms with Crippen LogP contribution in [0.1, 0.15) is 27.7 Å². The Bertz CT molecular complexity index is 718. The molecular weight excluding hydrogens is 544 g/mol. The van der Waals surface area contributed by atoms with Gasteiger partial charge in [0.15, 0.2) is 0 Å². The molecule has 0 aromatic heterocycles. The van der Waals surface area contributed by atoms with Gasteiger partial charge in [-0.05, 0) is 7.05 Å². The summed E-state index contributed by atoms with van der Waals surface area (Å²) in [6.07, 6.45) is -8.64. The smallest absolute Gasteiger partial charge is 0.314 e. The number of aliphatic carboxylic acids is 2. The molecule has 2 rings (SSSR count). The molecule has 2 fully saturated rings. The van der Waals surface area contributed by atoms with Gasteiger partial charge in [0.05, 0.1) is 37.5 Å². The summed E-state index contributed by atoms with van der Waals surface area (Å²) in [7, 11) is 2.88. The molecule has 2 aliphatic rings. The van der Waals surface area contributed by atoms with Crippen molar-refractivity contribution in [3.8, 4) is 0 Å². The molecule has 2 heterocycles. The molecule has 0 spiro atoms. The Labute approximate surface area is 232 Å². The van der Waals surface area contributed by atoms with Crippen molar-refractivity contribution in [2.45, 2.75) is 76.4 Å². The first-order chi connectivity index (χ1) is 17.7. The van der Waals surface area contributed by atoms with E-state index in [1.165, 1.54) is 14.1 Å². The molecular formula is C22H48N4O14. The maximum atomic E-state index is 11.8. The predicted octanol–water partition coefficient (Wildman–Crippen LogP) is -6.17. The monoisotopic (exact) mass is 592 g/mol. The van der Waals surface area contributed by atoms with Crippen LogP contribution in [0.2, 0.25) is 0 Å². The number of likely N-dealkylation sites (tertiary alicyclic amines) is 1. The van der Waals surface area contributed by atoms with E-state index < -0.39 is 91.9 Å². The first-order valence-electron chi connectivity index (χ1n) is 11.3. The second-order valence-electron chi connectivity index (χ2n) is 7.90. The minimum Gasteiger partial charge on any atom is -0.481 e. The highest BCUT2D eigenvalue weighted by molar-refractivity contribution is 5.97. The van der Waals surface area contributed by atoms with E-state index in [-0.39, 0.29) is 34.5 Å². The molecule has 0 unspecified atom stereocenters. The van der Waals surface area contributed by atoms with Crippen LogP contribution < -0.4 is 16.4 Å². The van der Waals surface area contributed by atoms with Crippen molar-refractivity contribution in [2.24, 2.45) is 5.73 Å². The van der Waals surface area contributed by atoms with E-state index in [2.05, 4.69) is 16.4 Å². The Morgan fingerprint density at radius 2 is 1.27 bits per heavy atom. The number of rotatable bonds is 6. The Morgan fingerprint density at radius 3 is 1.65 bits per heavy atom. The molecule has 18 nitrogen and oxygen atoms in total. The Hall–Kier alpha value is -2.52. The number of carboxylic acid groups (broad SMARTS) is 2. The highest BCUT2D eigenvalue weighted by Crippen LogP contribution is 2.19. The van der Waals surface area contributed by atoms with Crippen molar-refractivity contribution in [3.05, 3.63) is 0 Å². The fraction of sp³-hybridized carbons (Fsp3) is 0.818. The number of nitrogens with zero attached hydrogens (tertiary/aromatic N) is 1. The number of nitrogens with two attached hydrogens (primary N) is 1. The van der Waals surface area contributed by atoms with Gasteiger partial charge in [-0.1, -0.05) is 14.9 Å². The lowest BCUT2D eigenvalue weighted by molar-refractivity contribution is -0.167. The summed E-state index contributed by atoms with van der Waals surface area (Å²) in [6, 6.07) is -1.56. The average Bonchev–Trinajstić information content (AvgIpc) is 2.86. The summed E-state index contributed by atoms with van der Waals surface area (Å²) in [5.41, 5.74) is 4.50. The number of aliphatic hydroxyl groups is 8. The summed E-state index contributed by atoms with van der Waals surface area (Å²) in [6.45, 7) is -0.849. The number of carboxylic acids is 2. The van der Waals surface area contributed by atoms with Crippen LogP contribution in [0.15, 0.2) is 0 Å². The summed E-state index contributed by atoms with van der Waals surface area (Å²) in [5.74, 6) is -3.76. The van der Waals surface area contributed by atoms with Gasteiger partial charge in [0, 0.05) is 20.1 Å². The normalized spacial score (nSPS) is 28.6. The molecule has 0 bridgehead atoms. The predicted molar refractivity (Wildman–Crippen MR) is 140 cm³/mol. The first kappa shape index (κ1) is 44.5. The van der Waals surface area contributed by atoms with Gasteiger partial charge in [0.2, 0.25) is 11.8 Å².